The first-order chi connectivity index (χ1) is 11.7. The quantitative estimate of drug-likeness (QED) is 0.932. The van der Waals surface area contributed by atoms with Gasteiger partial charge in [-0.15, -0.1) is 0 Å². The van der Waals surface area contributed by atoms with E-state index in [0.29, 0.717) is 17.1 Å². The van der Waals surface area contributed by atoms with Crippen molar-refractivity contribution < 1.29 is 9.53 Å². The Hall–Kier alpha value is -2.56. The van der Waals surface area contributed by atoms with Crippen molar-refractivity contribution in [3.63, 3.8) is 0 Å². The second-order valence-corrected chi connectivity index (χ2v) is 6.11. The number of ether oxygens (including phenoxy) is 1. The van der Waals surface area contributed by atoms with Crippen LogP contribution in [0.25, 0.3) is 0 Å². The van der Waals surface area contributed by atoms with Gasteiger partial charge in [-0.05, 0) is 56.0 Å². The molecular weight excluding hydrogens is 302 g/mol. The van der Waals surface area contributed by atoms with Gasteiger partial charge in [0.25, 0.3) is 5.91 Å². The number of hydrogen-bond donors (Lipinski definition) is 1. The molecule has 1 aliphatic heterocycles. The third-order valence-corrected chi connectivity index (χ3v) is 4.30. The number of benzene rings is 1. The van der Waals surface area contributed by atoms with E-state index in [1.165, 1.54) is 19.3 Å². The van der Waals surface area contributed by atoms with Crippen LogP contribution in [0.5, 0.6) is 5.75 Å². The van der Waals surface area contributed by atoms with Gasteiger partial charge in [0.15, 0.2) is 0 Å². The molecule has 1 saturated heterocycles. The molecule has 1 N–H and O–H groups in total. The van der Waals surface area contributed by atoms with Crippen LogP contribution in [0.1, 0.15) is 35.3 Å². The van der Waals surface area contributed by atoms with E-state index in [9.17, 15) is 4.79 Å². The number of aromatic nitrogens is 1. The van der Waals surface area contributed by atoms with Crippen molar-refractivity contribution in [2.75, 3.05) is 30.4 Å². The van der Waals surface area contributed by atoms with E-state index in [0.717, 1.165) is 24.3 Å². The molecule has 1 aliphatic rings. The monoisotopic (exact) mass is 325 g/mol. The number of anilines is 2. The first-order valence-corrected chi connectivity index (χ1v) is 8.34. The highest BCUT2D eigenvalue weighted by Gasteiger charge is 2.14. The Labute approximate surface area is 142 Å². The minimum absolute atomic E-state index is 0.232. The summed E-state index contributed by atoms with van der Waals surface area (Å²) in [4.78, 5) is 19.1. The Kier molecular flexibility index (Phi) is 4.99. The molecule has 0 bridgehead atoms. The van der Waals surface area contributed by atoms with Gasteiger partial charge in [0.1, 0.15) is 11.4 Å². The number of aryl methyl sites for hydroxylation is 1. The van der Waals surface area contributed by atoms with Gasteiger partial charge in [0.05, 0.1) is 24.7 Å². The number of methoxy groups -OCH3 is 1. The Morgan fingerprint density at radius 3 is 2.62 bits per heavy atom. The molecule has 0 spiro atoms. The van der Waals surface area contributed by atoms with Crippen molar-refractivity contribution in [3.05, 3.63) is 47.8 Å². The van der Waals surface area contributed by atoms with Gasteiger partial charge in [-0.2, -0.15) is 0 Å². The van der Waals surface area contributed by atoms with Gasteiger partial charge in [-0.3, -0.25) is 4.79 Å². The lowest BCUT2D eigenvalue weighted by Gasteiger charge is -2.28. The zero-order valence-corrected chi connectivity index (χ0v) is 14.2. The number of carbonyl (C=O) groups excluding carboxylic acids is 1. The van der Waals surface area contributed by atoms with Crippen LogP contribution in [0.3, 0.4) is 0 Å². The van der Waals surface area contributed by atoms with E-state index in [1.807, 2.05) is 31.2 Å². The normalized spacial score (nSPS) is 14.3. The Balaban J connectivity index is 1.72. The van der Waals surface area contributed by atoms with Crippen LogP contribution in [-0.4, -0.2) is 31.1 Å². The fraction of sp³-hybridized carbons (Fsp3) is 0.368. The topological polar surface area (TPSA) is 54.5 Å². The third-order valence-electron chi connectivity index (χ3n) is 4.30. The van der Waals surface area contributed by atoms with Crippen molar-refractivity contribution in [1.82, 2.24) is 4.98 Å². The van der Waals surface area contributed by atoms with Gasteiger partial charge < -0.3 is 15.0 Å². The maximum Gasteiger partial charge on any atom is 0.274 e. The minimum Gasteiger partial charge on any atom is -0.495 e. The lowest BCUT2D eigenvalue weighted by molar-refractivity contribution is 0.102. The van der Waals surface area contributed by atoms with E-state index >= 15 is 0 Å². The summed E-state index contributed by atoms with van der Waals surface area (Å²) in [6, 6.07) is 9.43. The molecule has 0 unspecified atom stereocenters. The highest BCUT2D eigenvalue weighted by Crippen LogP contribution is 2.26. The largest absolute Gasteiger partial charge is 0.495 e. The second kappa shape index (κ2) is 7.34. The van der Waals surface area contributed by atoms with E-state index in [1.54, 1.807) is 19.4 Å². The van der Waals surface area contributed by atoms with Crippen molar-refractivity contribution in [3.8, 4) is 5.75 Å². The van der Waals surface area contributed by atoms with Crippen LogP contribution in [0.2, 0.25) is 0 Å². The zero-order chi connectivity index (χ0) is 16.9. The zero-order valence-electron chi connectivity index (χ0n) is 14.2. The molecule has 1 aromatic heterocycles. The predicted octanol–water partition coefficient (Wildman–Crippen LogP) is 3.64. The van der Waals surface area contributed by atoms with E-state index in [2.05, 4.69) is 15.2 Å². The summed E-state index contributed by atoms with van der Waals surface area (Å²) in [6.07, 6.45) is 5.52. The van der Waals surface area contributed by atoms with Crippen LogP contribution >= 0.6 is 0 Å². The molecule has 5 nitrogen and oxygen atoms in total. The number of piperidine rings is 1. The predicted molar refractivity (Wildman–Crippen MR) is 96.0 cm³/mol. The number of hydrogen-bond acceptors (Lipinski definition) is 4. The molecule has 0 aliphatic carbocycles. The van der Waals surface area contributed by atoms with E-state index in [4.69, 9.17) is 4.74 Å². The van der Waals surface area contributed by atoms with Crippen LogP contribution < -0.4 is 15.0 Å². The number of nitrogens with one attached hydrogen (secondary N) is 1. The smallest absolute Gasteiger partial charge is 0.274 e. The molecule has 126 valence electrons. The molecule has 3 rings (SSSR count). The number of amides is 1. The second-order valence-electron chi connectivity index (χ2n) is 6.11. The van der Waals surface area contributed by atoms with Crippen molar-refractivity contribution >= 4 is 17.3 Å². The lowest BCUT2D eigenvalue weighted by Crippen LogP contribution is -2.29. The molecule has 2 aromatic rings. The highest BCUT2D eigenvalue weighted by molar-refractivity contribution is 6.03. The standard InChI is InChI=1S/C19H23N3O2/c1-14-6-9-18(24-2)17(12-14)21-19(23)16-8-7-15(13-20-16)22-10-4-3-5-11-22/h6-9,12-13H,3-5,10-11H2,1-2H3,(H,21,23). The number of nitrogens with zero attached hydrogens (tertiary/aromatic N) is 2. The van der Waals surface area contributed by atoms with Gasteiger partial charge in [0, 0.05) is 13.1 Å². The molecule has 0 saturated carbocycles. The Morgan fingerprint density at radius 1 is 1.17 bits per heavy atom. The summed E-state index contributed by atoms with van der Waals surface area (Å²) >= 11 is 0. The first-order valence-electron chi connectivity index (χ1n) is 8.34. The van der Waals surface area contributed by atoms with Crippen LogP contribution in [-0.2, 0) is 0 Å². The summed E-state index contributed by atoms with van der Waals surface area (Å²) in [5.41, 5.74) is 3.20. The average molecular weight is 325 g/mol. The summed E-state index contributed by atoms with van der Waals surface area (Å²) in [7, 11) is 1.59. The molecule has 0 atom stereocenters. The number of carbonyl (C=O) groups is 1. The van der Waals surface area contributed by atoms with Crippen LogP contribution in [0.4, 0.5) is 11.4 Å². The van der Waals surface area contributed by atoms with Gasteiger partial charge in [-0.1, -0.05) is 6.07 Å². The number of pyridine rings is 1. The highest BCUT2D eigenvalue weighted by atomic mass is 16.5. The SMILES string of the molecule is COc1ccc(C)cc1NC(=O)c1ccc(N2CCCCC2)cn1. The van der Waals surface area contributed by atoms with Crippen molar-refractivity contribution in [2.45, 2.75) is 26.2 Å². The van der Waals surface area contributed by atoms with Gasteiger partial charge in [-0.25, -0.2) is 4.98 Å². The minimum atomic E-state index is -0.232. The molecule has 2 heterocycles. The van der Waals surface area contributed by atoms with Crippen molar-refractivity contribution in [2.24, 2.45) is 0 Å². The van der Waals surface area contributed by atoms with E-state index < -0.39 is 0 Å². The van der Waals surface area contributed by atoms with Gasteiger partial charge in [0.2, 0.25) is 0 Å². The lowest BCUT2D eigenvalue weighted by atomic mass is 10.1. The first kappa shape index (κ1) is 16.3. The number of rotatable bonds is 4. The van der Waals surface area contributed by atoms with Gasteiger partial charge >= 0.3 is 0 Å². The fourth-order valence-corrected chi connectivity index (χ4v) is 2.97. The summed E-state index contributed by atoms with van der Waals surface area (Å²) < 4.78 is 5.29. The summed E-state index contributed by atoms with van der Waals surface area (Å²) in [5.74, 6) is 0.406. The molecule has 0 radical (unpaired) electrons. The Morgan fingerprint density at radius 2 is 1.96 bits per heavy atom. The molecule has 24 heavy (non-hydrogen) atoms. The van der Waals surface area contributed by atoms with Crippen LogP contribution in [0, 0.1) is 6.92 Å². The maximum absolute atomic E-state index is 12.4. The van der Waals surface area contributed by atoms with Crippen molar-refractivity contribution in [1.29, 1.82) is 0 Å². The summed E-state index contributed by atoms with van der Waals surface area (Å²) in [6.45, 7) is 4.10. The molecular formula is C19H23N3O2. The fourth-order valence-electron chi connectivity index (χ4n) is 2.97. The third kappa shape index (κ3) is 3.67. The van der Waals surface area contributed by atoms with Crippen LogP contribution in [0.15, 0.2) is 36.5 Å². The van der Waals surface area contributed by atoms with E-state index in [-0.39, 0.29) is 5.91 Å². The molecule has 1 amide bonds. The molecule has 5 heteroatoms. The molecule has 1 aromatic carbocycles. The Bertz CT molecular complexity index is 707. The molecule has 1 fully saturated rings. The maximum atomic E-state index is 12.4. The summed E-state index contributed by atoms with van der Waals surface area (Å²) in [5, 5.41) is 2.88. The average Bonchev–Trinajstić information content (AvgIpc) is 2.63.